The molecular weight excluding hydrogens is 264 g/mol. The van der Waals surface area contributed by atoms with E-state index in [4.69, 9.17) is 10.5 Å². The Balaban J connectivity index is 1.73. The van der Waals surface area contributed by atoms with Gasteiger partial charge in [0.05, 0.1) is 0 Å². The first-order valence-corrected chi connectivity index (χ1v) is 7.90. The summed E-state index contributed by atoms with van der Waals surface area (Å²) in [5.74, 6) is 0.698. The standard InChI is InChI=1S/C17H26N2O2/c1-13(18)11-14-7-9-16(10-8-14)21-12-17(20)19-15-5-3-2-4-6-15/h7-10,13,15H,2-6,11-12,18H2,1H3,(H,19,20). The molecule has 4 nitrogen and oxygen atoms in total. The van der Waals surface area contributed by atoms with Gasteiger partial charge >= 0.3 is 0 Å². The lowest BCUT2D eigenvalue weighted by Crippen LogP contribution is -2.38. The molecule has 1 atom stereocenters. The van der Waals surface area contributed by atoms with Gasteiger partial charge in [-0.1, -0.05) is 31.4 Å². The molecule has 2 rings (SSSR count). The molecule has 0 aromatic heterocycles. The lowest BCUT2D eigenvalue weighted by molar-refractivity contribution is -0.124. The van der Waals surface area contributed by atoms with Crippen LogP contribution in [0.1, 0.15) is 44.6 Å². The zero-order valence-corrected chi connectivity index (χ0v) is 12.8. The van der Waals surface area contributed by atoms with Crippen molar-refractivity contribution in [3.8, 4) is 5.75 Å². The highest BCUT2D eigenvalue weighted by atomic mass is 16.5. The molecule has 1 aliphatic carbocycles. The smallest absolute Gasteiger partial charge is 0.258 e. The number of nitrogens with one attached hydrogen (secondary N) is 1. The summed E-state index contributed by atoms with van der Waals surface area (Å²) in [6, 6.07) is 8.27. The molecule has 1 saturated carbocycles. The van der Waals surface area contributed by atoms with E-state index in [1.807, 2.05) is 31.2 Å². The second-order valence-electron chi connectivity index (χ2n) is 6.02. The van der Waals surface area contributed by atoms with Crippen molar-refractivity contribution in [1.29, 1.82) is 0 Å². The summed E-state index contributed by atoms with van der Waals surface area (Å²) >= 11 is 0. The first-order chi connectivity index (χ1) is 10.1. The molecule has 3 N–H and O–H groups in total. The molecule has 1 aromatic rings. The van der Waals surface area contributed by atoms with Crippen LogP contribution in [0.15, 0.2) is 24.3 Å². The maximum absolute atomic E-state index is 11.8. The zero-order chi connectivity index (χ0) is 15.1. The first kappa shape index (κ1) is 15.8. The highest BCUT2D eigenvalue weighted by molar-refractivity contribution is 5.77. The average molecular weight is 290 g/mol. The van der Waals surface area contributed by atoms with Crippen molar-refractivity contribution >= 4 is 5.91 Å². The monoisotopic (exact) mass is 290 g/mol. The van der Waals surface area contributed by atoms with Crippen LogP contribution in [-0.4, -0.2) is 24.6 Å². The van der Waals surface area contributed by atoms with Crippen molar-refractivity contribution in [2.45, 2.75) is 57.5 Å². The lowest BCUT2D eigenvalue weighted by Gasteiger charge is -2.22. The Morgan fingerprint density at radius 3 is 2.57 bits per heavy atom. The number of carbonyl (C=O) groups excluding carboxylic acids is 1. The number of carbonyl (C=O) groups is 1. The minimum atomic E-state index is -0.0263. The first-order valence-electron chi connectivity index (χ1n) is 7.90. The van der Waals surface area contributed by atoms with Gasteiger partial charge < -0.3 is 15.8 Å². The predicted octanol–water partition coefficient (Wildman–Crippen LogP) is 2.40. The summed E-state index contributed by atoms with van der Waals surface area (Å²) in [5.41, 5.74) is 6.95. The Hall–Kier alpha value is -1.55. The number of rotatable bonds is 6. The van der Waals surface area contributed by atoms with Crippen LogP contribution in [0.4, 0.5) is 0 Å². The number of ether oxygens (including phenoxy) is 1. The molecule has 1 aromatic carbocycles. The highest BCUT2D eigenvalue weighted by Crippen LogP contribution is 2.17. The van der Waals surface area contributed by atoms with Crippen LogP contribution in [0.25, 0.3) is 0 Å². The van der Waals surface area contributed by atoms with E-state index < -0.39 is 0 Å². The van der Waals surface area contributed by atoms with E-state index >= 15 is 0 Å². The highest BCUT2D eigenvalue weighted by Gasteiger charge is 2.15. The Bertz CT molecular complexity index is 437. The maximum atomic E-state index is 11.8. The molecule has 116 valence electrons. The zero-order valence-electron chi connectivity index (χ0n) is 12.8. The van der Waals surface area contributed by atoms with Crippen LogP contribution in [0.2, 0.25) is 0 Å². The Morgan fingerprint density at radius 2 is 1.95 bits per heavy atom. The topological polar surface area (TPSA) is 64.3 Å². The van der Waals surface area contributed by atoms with Gasteiger partial charge in [0.1, 0.15) is 5.75 Å². The van der Waals surface area contributed by atoms with Crippen LogP contribution in [0, 0.1) is 0 Å². The van der Waals surface area contributed by atoms with Gasteiger partial charge in [-0.15, -0.1) is 0 Å². The number of nitrogens with two attached hydrogens (primary N) is 1. The van der Waals surface area contributed by atoms with Gasteiger partial charge in [0.15, 0.2) is 6.61 Å². The fraction of sp³-hybridized carbons (Fsp3) is 0.588. The fourth-order valence-corrected chi connectivity index (χ4v) is 2.76. The van der Waals surface area contributed by atoms with E-state index in [2.05, 4.69) is 5.32 Å². The third-order valence-electron chi connectivity index (χ3n) is 3.82. The summed E-state index contributed by atoms with van der Waals surface area (Å²) in [5, 5.41) is 3.05. The fourth-order valence-electron chi connectivity index (χ4n) is 2.76. The molecule has 0 bridgehead atoms. The largest absolute Gasteiger partial charge is 0.484 e. The molecule has 1 amide bonds. The molecule has 0 saturated heterocycles. The number of benzene rings is 1. The minimum absolute atomic E-state index is 0.0263. The third kappa shape index (κ3) is 5.76. The van der Waals surface area contributed by atoms with Crippen LogP contribution in [0.5, 0.6) is 5.75 Å². The van der Waals surface area contributed by atoms with Gasteiger partial charge in [-0.2, -0.15) is 0 Å². The summed E-state index contributed by atoms with van der Waals surface area (Å²) in [4.78, 5) is 11.8. The Morgan fingerprint density at radius 1 is 1.29 bits per heavy atom. The predicted molar refractivity (Wildman–Crippen MR) is 84.3 cm³/mol. The molecule has 0 spiro atoms. The molecule has 0 radical (unpaired) electrons. The summed E-state index contributed by atoms with van der Waals surface area (Å²) < 4.78 is 5.53. The van der Waals surface area contributed by atoms with Crippen LogP contribution in [0.3, 0.4) is 0 Å². The number of hydrogen-bond donors (Lipinski definition) is 2. The molecule has 0 aliphatic heterocycles. The van der Waals surface area contributed by atoms with Gasteiger partial charge in [-0.25, -0.2) is 0 Å². The second kappa shape index (κ2) is 8.03. The summed E-state index contributed by atoms with van der Waals surface area (Å²) in [7, 11) is 0. The van der Waals surface area contributed by atoms with Crippen molar-refractivity contribution in [2.75, 3.05) is 6.61 Å². The molecule has 4 heteroatoms. The Labute approximate surface area is 127 Å². The number of hydrogen-bond acceptors (Lipinski definition) is 3. The van der Waals surface area contributed by atoms with E-state index in [1.165, 1.54) is 24.8 Å². The summed E-state index contributed by atoms with van der Waals surface area (Å²) in [6.07, 6.45) is 6.76. The van der Waals surface area contributed by atoms with E-state index in [-0.39, 0.29) is 18.6 Å². The van der Waals surface area contributed by atoms with Crippen LogP contribution >= 0.6 is 0 Å². The lowest BCUT2D eigenvalue weighted by atomic mass is 9.95. The van der Waals surface area contributed by atoms with E-state index in [1.54, 1.807) is 0 Å². The van der Waals surface area contributed by atoms with Gasteiger partial charge in [0.2, 0.25) is 0 Å². The summed E-state index contributed by atoms with van der Waals surface area (Å²) in [6.45, 7) is 2.07. The van der Waals surface area contributed by atoms with Gasteiger partial charge in [0, 0.05) is 12.1 Å². The quantitative estimate of drug-likeness (QED) is 0.845. The van der Waals surface area contributed by atoms with Crippen molar-refractivity contribution < 1.29 is 9.53 Å². The van der Waals surface area contributed by atoms with Crippen molar-refractivity contribution in [2.24, 2.45) is 5.73 Å². The average Bonchev–Trinajstić information content (AvgIpc) is 2.47. The third-order valence-corrected chi connectivity index (χ3v) is 3.82. The van der Waals surface area contributed by atoms with Crippen molar-refractivity contribution in [1.82, 2.24) is 5.32 Å². The van der Waals surface area contributed by atoms with Gasteiger partial charge in [0.25, 0.3) is 5.91 Å². The van der Waals surface area contributed by atoms with E-state index in [9.17, 15) is 4.79 Å². The van der Waals surface area contributed by atoms with Crippen LogP contribution < -0.4 is 15.8 Å². The molecular formula is C17H26N2O2. The van der Waals surface area contributed by atoms with Crippen molar-refractivity contribution in [3.63, 3.8) is 0 Å². The Kier molecular flexibility index (Phi) is 6.05. The number of amides is 1. The normalized spacial score (nSPS) is 17.2. The second-order valence-corrected chi connectivity index (χ2v) is 6.02. The molecule has 1 aliphatic rings. The SMILES string of the molecule is CC(N)Cc1ccc(OCC(=O)NC2CCCCC2)cc1. The van der Waals surface area contributed by atoms with E-state index in [0.29, 0.717) is 6.04 Å². The molecule has 1 fully saturated rings. The minimum Gasteiger partial charge on any atom is -0.484 e. The molecule has 21 heavy (non-hydrogen) atoms. The molecule has 0 heterocycles. The van der Waals surface area contributed by atoms with Crippen LogP contribution in [-0.2, 0) is 11.2 Å². The van der Waals surface area contributed by atoms with E-state index in [0.717, 1.165) is 25.0 Å². The van der Waals surface area contributed by atoms with Crippen molar-refractivity contribution in [3.05, 3.63) is 29.8 Å². The molecule has 1 unspecified atom stereocenters. The van der Waals surface area contributed by atoms with Gasteiger partial charge in [-0.3, -0.25) is 4.79 Å². The van der Waals surface area contributed by atoms with Gasteiger partial charge in [-0.05, 0) is 43.9 Å². The maximum Gasteiger partial charge on any atom is 0.258 e.